The van der Waals surface area contributed by atoms with Gasteiger partial charge in [-0.2, -0.15) is 0 Å². The van der Waals surface area contributed by atoms with Crippen molar-refractivity contribution in [2.24, 2.45) is 0 Å². The molecule has 1 aromatic rings. The van der Waals surface area contributed by atoms with Gasteiger partial charge in [0, 0.05) is 24.8 Å². The summed E-state index contributed by atoms with van der Waals surface area (Å²) in [6, 6.07) is 5.39. The number of hydrogen-bond donors (Lipinski definition) is 1. The van der Waals surface area contributed by atoms with Gasteiger partial charge in [-0.25, -0.2) is 0 Å². The van der Waals surface area contributed by atoms with Crippen LogP contribution in [0.4, 0.5) is 5.69 Å². The van der Waals surface area contributed by atoms with Crippen LogP contribution in [0.2, 0.25) is 0 Å². The van der Waals surface area contributed by atoms with Crippen LogP contribution in [0.3, 0.4) is 0 Å². The number of rotatable bonds is 6. The Morgan fingerprint density at radius 3 is 2.76 bits per heavy atom. The molecule has 1 aromatic carbocycles. The fraction of sp³-hybridized carbons (Fsp3) is 0.500. The van der Waals surface area contributed by atoms with Crippen LogP contribution < -0.4 is 5.32 Å². The molecule has 0 fully saturated rings. The maximum Gasteiger partial charge on any atom is 0.272 e. The lowest BCUT2D eigenvalue weighted by molar-refractivity contribution is -0.385. The molecule has 0 aliphatic heterocycles. The van der Waals surface area contributed by atoms with Crippen molar-refractivity contribution in [2.45, 2.75) is 19.4 Å². The first kappa shape index (κ1) is 13.6. The third kappa shape index (κ3) is 3.80. The first-order valence-electron chi connectivity index (χ1n) is 5.48. The van der Waals surface area contributed by atoms with Crippen molar-refractivity contribution >= 4 is 5.69 Å². The van der Waals surface area contributed by atoms with E-state index in [1.165, 1.54) is 0 Å². The maximum absolute atomic E-state index is 11.0. The molecule has 0 radical (unpaired) electrons. The van der Waals surface area contributed by atoms with E-state index in [9.17, 15) is 10.1 Å². The van der Waals surface area contributed by atoms with Crippen LogP contribution in [0.15, 0.2) is 18.2 Å². The number of aryl methyl sites for hydroxylation is 1. The zero-order valence-electron chi connectivity index (χ0n) is 10.4. The lowest BCUT2D eigenvalue weighted by Crippen LogP contribution is -2.32. The number of benzene rings is 1. The predicted octanol–water partition coefficient (Wildman–Crippen LogP) is 1.68. The summed E-state index contributed by atoms with van der Waals surface area (Å²) in [6.07, 6.45) is 0.584. The van der Waals surface area contributed by atoms with Crippen molar-refractivity contribution in [1.29, 1.82) is 0 Å². The highest BCUT2D eigenvalue weighted by molar-refractivity contribution is 5.43. The van der Waals surface area contributed by atoms with E-state index in [1.807, 2.05) is 26.1 Å². The van der Waals surface area contributed by atoms with E-state index in [0.29, 0.717) is 13.0 Å². The first-order chi connectivity index (χ1) is 8.08. The van der Waals surface area contributed by atoms with Gasteiger partial charge >= 0.3 is 0 Å². The highest BCUT2D eigenvalue weighted by atomic mass is 16.6. The Bertz CT molecular complexity index is 393. The molecule has 5 nitrogen and oxygen atoms in total. The van der Waals surface area contributed by atoms with Crippen LogP contribution in [-0.4, -0.2) is 31.7 Å². The summed E-state index contributed by atoms with van der Waals surface area (Å²) in [5.74, 6) is 0. The Morgan fingerprint density at radius 2 is 2.24 bits per heavy atom. The fourth-order valence-electron chi connectivity index (χ4n) is 1.73. The number of nitrogens with one attached hydrogen (secondary N) is 1. The van der Waals surface area contributed by atoms with Gasteiger partial charge in [0.15, 0.2) is 0 Å². The second-order valence-corrected chi connectivity index (χ2v) is 4.03. The largest absolute Gasteiger partial charge is 0.383 e. The number of ether oxygens (including phenoxy) is 1. The standard InChI is InChI=1S/C12H18N2O3/c1-9-4-5-10(12(6-9)14(15)16)7-11(13-2)8-17-3/h4-6,11,13H,7-8H2,1-3H3. The minimum Gasteiger partial charge on any atom is -0.383 e. The van der Waals surface area contributed by atoms with Crippen LogP contribution >= 0.6 is 0 Å². The highest BCUT2D eigenvalue weighted by Gasteiger charge is 2.17. The smallest absolute Gasteiger partial charge is 0.272 e. The van der Waals surface area contributed by atoms with Gasteiger partial charge in [-0.1, -0.05) is 12.1 Å². The van der Waals surface area contributed by atoms with E-state index in [4.69, 9.17) is 4.74 Å². The summed E-state index contributed by atoms with van der Waals surface area (Å²) in [6.45, 7) is 2.38. The minimum atomic E-state index is -0.331. The van der Waals surface area contributed by atoms with Crippen LogP contribution in [0.25, 0.3) is 0 Å². The first-order valence-corrected chi connectivity index (χ1v) is 5.48. The van der Waals surface area contributed by atoms with Gasteiger partial charge in [0.05, 0.1) is 11.5 Å². The lowest BCUT2D eigenvalue weighted by Gasteiger charge is -2.15. The van der Waals surface area contributed by atoms with E-state index in [0.717, 1.165) is 11.1 Å². The van der Waals surface area contributed by atoms with E-state index in [2.05, 4.69) is 5.32 Å². The Kier molecular flexibility index (Phi) is 5.06. The third-order valence-electron chi connectivity index (χ3n) is 2.68. The molecule has 94 valence electrons. The van der Waals surface area contributed by atoms with E-state index in [1.54, 1.807) is 13.2 Å². The molecule has 0 aromatic heterocycles. The second-order valence-electron chi connectivity index (χ2n) is 4.03. The fourth-order valence-corrected chi connectivity index (χ4v) is 1.73. The van der Waals surface area contributed by atoms with Gasteiger partial charge in [0.1, 0.15) is 0 Å². The Hall–Kier alpha value is -1.46. The predicted molar refractivity (Wildman–Crippen MR) is 66.3 cm³/mol. The monoisotopic (exact) mass is 238 g/mol. The maximum atomic E-state index is 11.0. The van der Waals surface area contributed by atoms with Crippen molar-refractivity contribution in [2.75, 3.05) is 20.8 Å². The molecule has 5 heteroatoms. The molecular weight excluding hydrogens is 220 g/mol. The van der Waals surface area contributed by atoms with E-state index in [-0.39, 0.29) is 16.7 Å². The van der Waals surface area contributed by atoms with Crippen molar-refractivity contribution in [3.8, 4) is 0 Å². The average Bonchev–Trinajstić information content (AvgIpc) is 2.30. The van der Waals surface area contributed by atoms with Crippen LogP contribution in [0.5, 0.6) is 0 Å². The van der Waals surface area contributed by atoms with Crippen LogP contribution in [0, 0.1) is 17.0 Å². The third-order valence-corrected chi connectivity index (χ3v) is 2.68. The van der Waals surface area contributed by atoms with Gasteiger partial charge in [-0.05, 0) is 26.0 Å². The molecule has 0 aliphatic carbocycles. The SMILES string of the molecule is CNC(COC)Cc1ccc(C)cc1[N+](=O)[O-]. The lowest BCUT2D eigenvalue weighted by atomic mass is 10.0. The molecule has 0 saturated carbocycles. The van der Waals surface area contributed by atoms with Crippen molar-refractivity contribution < 1.29 is 9.66 Å². The van der Waals surface area contributed by atoms with Crippen molar-refractivity contribution in [1.82, 2.24) is 5.32 Å². The summed E-state index contributed by atoms with van der Waals surface area (Å²) in [5, 5.41) is 14.0. The minimum absolute atomic E-state index is 0.0846. The summed E-state index contributed by atoms with van der Waals surface area (Å²) >= 11 is 0. The van der Waals surface area contributed by atoms with Crippen molar-refractivity contribution in [3.05, 3.63) is 39.4 Å². The molecule has 0 saturated heterocycles. The molecule has 1 N–H and O–H groups in total. The average molecular weight is 238 g/mol. The van der Waals surface area contributed by atoms with Crippen LogP contribution in [-0.2, 0) is 11.2 Å². The summed E-state index contributed by atoms with van der Waals surface area (Å²) in [7, 11) is 3.44. The summed E-state index contributed by atoms with van der Waals surface area (Å²) < 4.78 is 5.06. The number of methoxy groups -OCH3 is 1. The molecule has 0 bridgehead atoms. The van der Waals surface area contributed by atoms with Gasteiger partial charge in [-0.3, -0.25) is 10.1 Å². The molecular formula is C12H18N2O3. The normalized spacial score (nSPS) is 12.4. The second kappa shape index (κ2) is 6.32. The number of likely N-dealkylation sites (N-methyl/N-ethyl adjacent to an activating group) is 1. The zero-order chi connectivity index (χ0) is 12.8. The molecule has 0 heterocycles. The summed E-state index contributed by atoms with van der Waals surface area (Å²) in [4.78, 5) is 10.6. The molecule has 0 aliphatic rings. The van der Waals surface area contributed by atoms with Crippen molar-refractivity contribution in [3.63, 3.8) is 0 Å². The summed E-state index contributed by atoms with van der Waals surface area (Å²) in [5.41, 5.74) is 1.81. The Labute approximate surface area is 101 Å². The quantitative estimate of drug-likeness (QED) is 0.605. The Morgan fingerprint density at radius 1 is 1.53 bits per heavy atom. The molecule has 17 heavy (non-hydrogen) atoms. The molecule has 1 atom stereocenters. The van der Waals surface area contributed by atoms with Crippen LogP contribution in [0.1, 0.15) is 11.1 Å². The molecule has 1 rings (SSSR count). The number of nitro benzene ring substituents is 1. The molecule has 1 unspecified atom stereocenters. The van der Waals surface area contributed by atoms with Gasteiger partial charge in [-0.15, -0.1) is 0 Å². The topological polar surface area (TPSA) is 64.4 Å². The number of hydrogen-bond acceptors (Lipinski definition) is 4. The highest BCUT2D eigenvalue weighted by Crippen LogP contribution is 2.21. The number of nitro groups is 1. The Balaban J connectivity index is 2.92. The van der Waals surface area contributed by atoms with Gasteiger partial charge in [0.25, 0.3) is 5.69 Å². The van der Waals surface area contributed by atoms with E-state index >= 15 is 0 Å². The zero-order valence-corrected chi connectivity index (χ0v) is 10.4. The number of nitrogens with zero attached hydrogens (tertiary/aromatic N) is 1. The van der Waals surface area contributed by atoms with Gasteiger partial charge < -0.3 is 10.1 Å². The molecule has 0 amide bonds. The molecule has 0 spiro atoms. The van der Waals surface area contributed by atoms with Gasteiger partial charge in [0.2, 0.25) is 0 Å². The van der Waals surface area contributed by atoms with E-state index < -0.39 is 0 Å².